The lowest BCUT2D eigenvalue weighted by Gasteiger charge is -2.23. The average molecular weight is 495 g/mol. The number of anilines is 1. The molecule has 0 fully saturated rings. The fourth-order valence-electron chi connectivity index (χ4n) is 3.50. The van der Waals surface area contributed by atoms with E-state index >= 15 is 0 Å². The van der Waals surface area contributed by atoms with Gasteiger partial charge in [0.05, 0.1) is 4.90 Å². The van der Waals surface area contributed by atoms with Crippen LogP contribution in [0, 0.1) is 12.8 Å². The fraction of sp³-hybridized carbons (Fsp3) is 0.409. The van der Waals surface area contributed by atoms with Gasteiger partial charge in [0.25, 0.3) is 5.91 Å². The number of hydrogen-bond acceptors (Lipinski definition) is 4. The third-order valence-corrected chi connectivity index (χ3v) is 6.93. The number of carbonyl (C=O) groups is 1. The molecule has 1 unspecified atom stereocenters. The monoisotopic (exact) mass is 494 g/mol. The number of halogens is 1. The zero-order valence-electron chi connectivity index (χ0n) is 17.6. The van der Waals surface area contributed by atoms with Crippen molar-refractivity contribution in [2.75, 3.05) is 18.1 Å². The molecule has 1 heterocycles. The van der Waals surface area contributed by atoms with Gasteiger partial charge in [0.2, 0.25) is 10.0 Å². The second-order valence-electron chi connectivity index (χ2n) is 8.05. The molecule has 2 aromatic rings. The van der Waals surface area contributed by atoms with Crippen LogP contribution in [0.25, 0.3) is 0 Å². The molecule has 0 spiro atoms. The van der Waals surface area contributed by atoms with Gasteiger partial charge in [0.1, 0.15) is 5.75 Å². The normalized spacial score (nSPS) is 16.1. The summed E-state index contributed by atoms with van der Waals surface area (Å²) >= 11 is 3.47. The maximum absolute atomic E-state index is 12.8. The van der Waals surface area contributed by atoms with Crippen molar-refractivity contribution in [3.8, 4) is 5.75 Å². The SMILES string of the molecule is Cc1cc(S(=O)(=O)NCC(C)C)ccc1OCC(=O)N1c2ccc(Br)cc2CC1C. The third kappa shape index (κ3) is 5.04. The first-order valence-electron chi connectivity index (χ1n) is 9.92. The molecule has 0 radical (unpaired) electrons. The summed E-state index contributed by atoms with van der Waals surface area (Å²) in [6, 6.07) is 10.6. The number of fused-ring (bicyclic) bond motifs is 1. The van der Waals surface area contributed by atoms with Crippen LogP contribution in [0.2, 0.25) is 0 Å². The average Bonchev–Trinajstić information content (AvgIpc) is 3.00. The Morgan fingerprint density at radius 2 is 2.00 bits per heavy atom. The number of ether oxygens (including phenoxy) is 1. The minimum Gasteiger partial charge on any atom is -0.483 e. The second kappa shape index (κ2) is 9.08. The van der Waals surface area contributed by atoms with Crippen LogP contribution >= 0.6 is 15.9 Å². The summed E-state index contributed by atoms with van der Waals surface area (Å²) in [5, 5.41) is 0. The number of aryl methyl sites for hydroxylation is 1. The van der Waals surface area contributed by atoms with Gasteiger partial charge in [-0.05, 0) is 73.7 Å². The van der Waals surface area contributed by atoms with Gasteiger partial charge in [-0.15, -0.1) is 0 Å². The summed E-state index contributed by atoms with van der Waals surface area (Å²) in [6.45, 7) is 7.94. The Kier molecular flexibility index (Phi) is 6.89. The first kappa shape index (κ1) is 22.8. The molecule has 0 aliphatic carbocycles. The van der Waals surface area contributed by atoms with E-state index in [1.807, 2.05) is 39.0 Å². The Labute approximate surface area is 186 Å². The van der Waals surface area contributed by atoms with Crippen molar-refractivity contribution in [1.82, 2.24) is 4.72 Å². The molecular formula is C22H27BrN2O4S. The summed E-state index contributed by atoms with van der Waals surface area (Å²) in [5.41, 5.74) is 2.70. The largest absolute Gasteiger partial charge is 0.483 e. The molecule has 1 atom stereocenters. The maximum Gasteiger partial charge on any atom is 0.265 e. The Balaban J connectivity index is 1.69. The van der Waals surface area contributed by atoms with Crippen molar-refractivity contribution < 1.29 is 17.9 Å². The lowest BCUT2D eigenvalue weighted by Crippen LogP contribution is -2.39. The number of carbonyl (C=O) groups excluding carboxylic acids is 1. The molecule has 3 rings (SSSR count). The molecule has 162 valence electrons. The molecule has 1 N–H and O–H groups in total. The number of hydrogen-bond donors (Lipinski definition) is 1. The minimum atomic E-state index is -3.57. The zero-order valence-corrected chi connectivity index (χ0v) is 20.0. The second-order valence-corrected chi connectivity index (χ2v) is 10.7. The molecule has 1 aliphatic rings. The number of benzene rings is 2. The van der Waals surface area contributed by atoms with Crippen molar-refractivity contribution in [3.05, 3.63) is 52.0 Å². The lowest BCUT2D eigenvalue weighted by molar-refractivity contribution is -0.120. The standard InChI is InChI=1S/C22H27BrN2O4S/c1-14(2)12-24-30(27,28)19-6-8-21(15(3)9-19)29-13-22(26)25-16(4)10-17-11-18(23)5-7-20(17)25/h5-9,11,14,16,24H,10,12-13H2,1-4H3. The summed E-state index contributed by atoms with van der Waals surface area (Å²) < 4.78 is 34.1. The van der Waals surface area contributed by atoms with Crippen LogP contribution in [0.3, 0.4) is 0 Å². The van der Waals surface area contributed by atoms with Crippen LogP contribution in [0.5, 0.6) is 5.75 Å². The van der Waals surface area contributed by atoms with Crippen LogP contribution in [-0.4, -0.2) is 33.5 Å². The molecule has 2 aromatic carbocycles. The zero-order chi connectivity index (χ0) is 22.1. The van der Waals surface area contributed by atoms with Crippen molar-refractivity contribution in [2.45, 2.75) is 45.1 Å². The van der Waals surface area contributed by atoms with Crippen molar-refractivity contribution in [2.24, 2.45) is 5.92 Å². The van der Waals surface area contributed by atoms with Crippen molar-refractivity contribution in [1.29, 1.82) is 0 Å². The Morgan fingerprint density at radius 1 is 1.27 bits per heavy atom. The molecule has 0 aromatic heterocycles. The first-order chi connectivity index (χ1) is 14.1. The fourth-order valence-corrected chi connectivity index (χ4v) is 5.21. The summed E-state index contributed by atoms with van der Waals surface area (Å²) in [5.74, 6) is 0.584. The highest BCUT2D eigenvalue weighted by molar-refractivity contribution is 9.10. The van der Waals surface area contributed by atoms with E-state index in [2.05, 4.69) is 20.7 Å². The highest BCUT2D eigenvalue weighted by Crippen LogP contribution is 2.34. The smallest absolute Gasteiger partial charge is 0.265 e. The number of sulfonamides is 1. The minimum absolute atomic E-state index is 0.0612. The number of amides is 1. The topological polar surface area (TPSA) is 75.7 Å². The number of rotatable bonds is 7. The van der Waals surface area contributed by atoms with Gasteiger partial charge in [0.15, 0.2) is 6.61 Å². The van der Waals surface area contributed by atoms with Gasteiger partial charge in [-0.1, -0.05) is 29.8 Å². The summed E-state index contributed by atoms with van der Waals surface area (Å²) in [6.07, 6.45) is 0.801. The first-order valence-corrected chi connectivity index (χ1v) is 12.2. The molecular weight excluding hydrogens is 468 g/mol. The molecule has 1 amide bonds. The predicted molar refractivity (Wildman–Crippen MR) is 121 cm³/mol. The van der Waals surface area contributed by atoms with E-state index in [0.717, 1.165) is 22.1 Å². The van der Waals surface area contributed by atoms with E-state index in [9.17, 15) is 13.2 Å². The van der Waals surface area contributed by atoms with Crippen LogP contribution in [0.4, 0.5) is 5.69 Å². The summed E-state index contributed by atoms with van der Waals surface area (Å²) in [7, 11) is -3.57. The molecule has 6 nitrogen and oxygen atoms in total. The highest BCUT2D eigenvalue weighted by Gasteiger charge is 2.31. The molecule has 1 aliphatic heterocycles. The quantitative estimate of drug-likeness (QED) is 0.629. The Bertz CT molecular complexity index is 1050. The highest BCUT2D eigenvalue weighted by atomic mass is 79.9. The molecule has 0 saturated carbocycles. The van der Waals surface area contributed by atoms with Crippen LogP contribution in [0.15, 0.2) is 45.8 Å². The Hall–Kier alpha value is -1.90. The van der Waals surface area contributed by atoms with Gasteiger partial charge >= 0.3 is 0 Å². The van der Waals surface area contributed by atoms with Gasteiger partial charge in [0, 0.05) is 22.7 Å². The van der Waals surface area contributed by atoms with Crippen molar-refractivity contribution in [3.63, 3.8) is 0 Å². The van der Waals surface area contributed by atoms with E-state index < -0.39 is 10.0 Å². The molecule has 30 heavy (non-hydrogen) atoms. The van der Waals surface area contributed by atoms with E-state index in [4.69, 9.17) is 4.74 Å². The number of nitrogens with one attached hydrogen (secondary N) is 1. The van der Waals surface area contributed by atoms with E-state index in [-0.39, 0.29) is 29.4 Å². The molecule has 8 heteroatoms. The van der Waals surface area contributed by atoms with Crippen LogP contribution in [-0.2, 0) is 21.2 Å². The predicted octanol–water partition coefficient (Wildman–Crippen LogP) is 4.05. The van der Waals surface area contributed by atoms with E-state index in [1.54, 1.807) is 24.0 Å². The van der Waals surface area contributed by atoms with Crippen LogP contribution < -0.4 is 14.4 Å². The lowest BCUT2D eigenvalue weighted by atomic mass is 10.1. The van der Waals surface area contributed by atoms with Gasteiger partial charge < -0.3 is 9.64 Å². The van der Waals surface area contributed by atoms with Crippen LogP contribution in [0.1, 0.15) is 31.9 Å². The van der Waals surface area contributed by atoms with Gasteiger partial charge in [-0.2, -0.15) is 0 Å². The number of nitrogens with zero attached hydrogens (tertiary/aromatic N) is 1. The van der Waals surface area contributed by atoms with E-state index in [0.29, 0.717) is 17.9 Å². The Morgan fingerprint density at radius 3 is 2.67 bits per heavy atom. The molecule has 0 bridgehead atoms. The maximum atomic E-state index is 12.8. The van der Waals surface area contributed by atoms with E-state index in [1.165, 1.54) is 6.07 Å². The molecule has 0 saturated heterocycles. The third-order valence-electron chi connectivity index (χ3n) is 5.02. The van der Waals surface area contributed by atoms with Crippen molar-refractivity contribution >= 4 is 37.5 Å². The van der Waals surface area contributed by atoms with Gasteiger partial charge in [-0.25, -0.2) is 13.1 Å². The summed E-state index contributed by atoms with van der Waals surface area (Å²) in [4.78, 5) is 14.8. The van der Waals surface area contributed by atoms with Gasteiger partial charge in [-0.3, -0.25) is 4.79 Å².